The highest BCUT2D eigenvalue weighted by Gasteiger charge is 2.28. The number of halogens is 1. The number of benzene rings is 1. The highest BCUT2D eigenvalue weighted by atomic mass is 19.1. The maximum Gasteiger partial charge on any atom is 0.130 e. The van der Waals surface area contributed by atoms with E-state index >= 15 is 0 Å². The SMILES string of the molecule is CCC(C)c1c(OC)ccc(CN2CC(F)C2)c1OC. The van der Waals surface area contributed by atoms with Crippen LogP contribution in [0.5, 0.6) is 11.5 Å². The molecule has 0 aliphatic carbocycles. The van der Waals surface area contributed by atoms with Crippen molar-refractivity contribution in [3.8, 4) is 11.5 Å². The van der Waals surface area contributed by atoms with E-state index in [4.69, 9.17) is 9.47 Å². The Balaban J connectivity index is 2.32. The van der Waals surface area contributed by atoms with Gasteiger partial charge in [0.25, 0.3) is 0 Å². The maximum absolute atomic E-state index is 12.9. The van der Waals surface area contributed by atoms with Gasteiger partial charge in [-0.1, -0.05) is 19.9 Å². The molecule has 4 heteroatoms. The van der Waals surface area contributed by atoms with Gasteiger partial charge in [-0.2, -0.15) is 0 Å². The molecule has 112 valence electrons. The summed E-state index contributed by atoms with van der Waals surface area (Å²) in [7, 11) is 3.38. The van der Waals surface area contributed by atoms with E-state index < -0.39 is 6.17 Å². The molecule has 1 unspecified atom stereocenters. The van der Waals surface area contributed by atoms with Crippen LogP contribution in [0.25, 0.3) is 0 Å². The molecular formula is C16H24FNO2. The molecule has 20 heavy (non-hydrogen) atoms. The largest absolute Gasteiger partial charge is 0.496 e. The van der Waals surface area contributed by atoms with E-state index in [9.17, 15) is 4.39 Å². The molecule has 0 amide bonds. The second kappa shape index (κ2) is 6.44. The summed E-state index contributed by atoms with van der Waals surface area (Å²) in [5, 5.41) is 0. The lowest BCUT2D eigenvalue weighted by Gasteiger charge is -2.35. The predicted octanol–water partition coefficient (Wildman–Crippen LogP) is 3.37. The number of hydrogen-bond acceptors (Lipinski definition) is 3. The first kappa shape index (κ1) is 15.1. The Bertz CT molecular complexity index is 458. The van der Waals surface area contributed by atoms with Crippen molar-refractivity contribution in [3.05, 3.63) is 23.3 Å². The Hall–Kier alpha value is -1.29. The quantitative estimate of drug-likeness (QED) is 0.798. The standard InChI is InChI=1S/C16H24FNO2/c1-5-11(2)15-14(19-3)7-6-12(16(15)20-4)8-18-9-13(17)10-18/h6-7,11,13H,5,8-10H2,1-4H3. The highest BCUT2D eigenvalue weighted by Crippen LogP contribution is 2.40. The molecule has 1 saturated heterocycles. The summed E-state index contributed by atoms with van der Waals surface area (Å²) in [6, 6.07) is 4.02. The van der Waals surface area contributed by atoms with E-state index in [2.05, 4.69) is 18.7 Å². The third-order valence-corrected chi connectivity index (χ3v) is 4.07. The zero-order chi connectivity index (χ0) is 14.7. The second-order valence-corrected chi connectivity index (χ2v) is 5.47. The van der Waals surface area contributed by atoms with Crippen molar-refractivity contribution in [3.63, 3.8) is 0 Å². The minimum Gasteiger partial charge on any atom is -0.496 e. The van der Waals surface area contributed by atoms with Crippen LogP contribution >= 0.6 is 0 Å². The van der Waals surface area contributed by atoms with Gasteiger partial charge >= 0.3 is 0 Å². The van der Waals surface area contributed by atoms with Gasteiger partial charge in [-0.3, -0.25) is 4.90 Å². The summed E-state index contributed by atoms with van der Waals surface area (Å²) in [6.07, 6.45) is 0.347. The number of likely N-dealkylation sites (tertiary alicyclic amines) is 1. The van der Waals surface area contributed by atoms with Gasteiger partial charge in [-0.05, 0) is 18.4 Å². The topological polar surface area (TPSA) is 21.7 Å². The fraction of sp³-hybridized carbons (Fsp3) is 0.625. The van der Waals surface area contributed by atoms with Crippen LogP contribution in [-0.2, 0) is 6.54 Å². The van der Waals surface area contributed by atoms with Crippen LogP contribution in [0.15, 0.2) is 12.1 Å². The molecule has 2 rings (SSSR count). The van der Waals surface area contributed by atoms with Crippen LogP contribution in [0.2, 0.25) is 0 Å². The molecule has 3 nitrogen and oxygen atoms in total. The van der Waals surface area contributed by atoms with E-state index in [-0.39, 0.29) is 0 Å². The van der Waals surface area contributed by atoms with Gasteiger partial charge in [0.05, 0.1) is 14.2 Å². The molecule has 1 fully saturated rings. The van der Waals surface area contributed by atoms with E-state index in [0.29, 0.717) is 19.0 Å². The third kappa shape index (κ3) is 2.90. The summed E-state index contributed by atoms with van der Waals surface area (Å²) in [5.74, 6) is 2.12. The smallest absolute Gasteiger partial charge is 0.130 e. The molecular weight excluding hydrogens is 257 g/mol. The lowest BCUT2D eigenvalue weighted by molar-refractivity contribution is 0.0584. The van der Waals surface area contributed by atoms with Crippen LogP contribution in [-0.4, -0.2) is 38.4 Å². The molecule has 1 aliphatic rings. The van der Waals surface area contributed by atoms with E-state index in [1.807, 2.05) is 12.1 Å². The molecule has 1 aromatic carbocycles. The average molecular weight is 281 g/mol. The van der Waals surface area contributed by atoms with Crippen LogP contribution in [0.1, 0.15) is 37.3 Å². The molecule has 0 N–H and O–H groups in total. The minimum atomic E-state index is -0.673. The Morgan fingerprint density at radius 1 is 1.30 bits per heavy atom. The van der Waals surface area contributed by atoms with Crippen molar-refractivity contribution in [1.29, 1.82) is 0 Å². The number of nitrogens with zero attached hydrogens (tertiary/aromatic N) is 1. The van der Waals surface area contributed by atoms with Gasteiger partial charge in [0, 0.05) is 30.8 Å². The molecule has 1 atom stereocenters. The number of hydrogen-bond donors (Lipinski definition) is 0. The predicted molar refractivity (Wildman–Crippen MR) is 78.4 cm³/mol. The average Bonchev–Trinajstić information content (AvgIpc) is 2.44. The first-order valence-corrected chi connectivity index (χ1v) is 7.20. The van der Waals surface area contributed by atoms with Gasteiger partial charge in [-0.25, -0.2) is 4.39 Å². The fourth-order valence-corrected chi connectivity index (χ4v) is 2.72. The van der Waals surface area contributed by atoms with Crippen LogP contribution in [0.4, 0.5) is 4.39 Å². The molecule has 0 spiro atoms. The monoisotopic (exact) mass is 281 g/mol. The number of ether oxygens (including phenoxy) is 2. The molecule has 1 aromatic rings. The van der Waals surface area contributed by atoms with E-state index in [0.717, 1.165) is 35.6 Å². The van der Waals surface area contributed by atoms with Gasteiger partial charge in [0.15, 0.2) is 0 Å². The van der Waals surface area contributed by atoms with Crippen LogP contribution in [0.3, 0.4) is 0 Å². The normalized spacial score (nSPS) is 17.6. The molecule has 0 radical (unpaired) electrons. The maximum atomic E-state index is 12.9. The summed E-state index contributed by atoms with van der Waals surface area (Å²) < 4.78 is 24.1. The first-order chi connectivity index (χ1) is 9.60. The summed E-state index contributed by atoms with van der Waals surface area (Å²) in [4.78, 5) is 2.09. The number of alkyl halides is 1. The van der Waals surface area contributed by atoms with Crippen molar-refractivity contribution >= 4 is 0 Å². The molecule has 0 saturated carbocycles. The fourth-order valence-electron chi connectivity index (χ4n) is 2.72. The van der Waals surface area contributed by atoms with Gasteiger partial charge in [-0.15, -0.1) is 0 Å². The van der Waals surface area contributed by atoms with E-state index in [1.165, 1.54) is 0 Å². The highest BCUT2D eigenvalue weighted by molar-refractivity contribution is 5.52. The summed E-state index contributed by atoms with van der Waals surface area (Å²) in [5.41, 5.74) is 2.22. The van der Waals surface area contributed by atoms with Crippen molar-refractivity contribution < 1.29 is 13.9 Å². The lowest BCUT2D eigenvalue weighted by Crippen LogP contribution is -2.47. The molecule has 1 aliphatic heterocycles. The van der Waals surface area contributed by atoms with E-state index in [1.54, 1.807) is 14.2 Å². The minimum absolute atomic E-state index is 0.366. The molecule has 0 bridgehead atoms. The van der Waals surface area contributed by atoms with Crippen LogP contribution < -0.4 is 9.47 Å². The zero-order valence-corrected chi connectivity index (χ0v) is 12.8. The summed E-state index contributed by atoms with van der Waals surface area (Å²) in [6.45, 7) is 6.10. The lowest BCUT2D eigenvalue weighted by atomic mass is 9.93. The van der Waals surface area contributed by atoms with Gasteiger partial charge in [0.2, 0.25) is 0 Å². The Kier molecular flexibility index (Phi) is 4.86. The Morgan fingerprint density at radius 3 is 2.50 bits per heavy atom. The number of methoxy groups -OCH3 is 2. The van der Waals surface area contributed by atoms with Crippen molar-refractivity contribution in [1.82, 2.24) is 4.90 Å². The molecule has 1 heterocycles. The Morgan fingerprint density at radius 2 is 2.00 bits per heavy atom. The Labute approximate surface area is 120 Å². The number of rotatable bonds is 6. The first-order valence-electron chi connectivity index (χ1n) is 7.20. The second-order valence-electron chi connectivity index (χ2n) is 5.47. The van der Waals surface area contributed by atoms with Crippen LogP contribution in [0, 0.1) is 0 Å². The summed E-state index contributed by atoms with van der Waals surface area (Å²) >= 11 is 0. The van der Waals surface area contributed by atoms with Crippen molar-refractivity contribution in [2.24, 2.45) is 0 Å². The van der Waals surface area contributed by atoms with Crippen molar-refractivity contribution in [2.45, 2.75) is 38.9 Å². The zero-order valence-electron chi connectivity index (χ0n) is 12.8. The molecule has 0 aromatic heterocycles. The van der Waals surface area contributed by atoms with Gasteiger partial charge < -0.3 is 9.47 Å². The third-order valence-electron chi connectivity index (χ3n) is 4.07. The van der Waals surface area contributed by atoms with Gasteiger partial charge in [0.1, 0.15) is 17.7 Å². The van der Waals surface area contributed by atoms with Crippen molar-refractivity contribution in [2.75, 3.05) is 27.3 Å².